The fraction of sp³-hybridized carbons (Fsp3) is 0.286. The Balaban J connectivity index is 1.55. The molecule has 0 aliphatic carbocycles. The summed E-state index contributed by atoms with van der Waals surface area (Å²) in [7, 11) is 0. The van der Waals surface area contributed by atoms with E-state index in [2.05, 4.69) is 20.4 Å². The van der Waals surface area contributed by atoms with Crippen molar-refractivity contribution in [1.29, 1.82) is 0 Å². The Kier molecular flexibility index (Phi) is 3.92. The standard InChI is InChI=1S/C14H15N5OS/c1-10-12(21-9-17-10)3-4-13(20)16-7-11-8-18-19-6-2-5-15-14(11)19/h2,5-6,8-9H,3-4,7H2,1H3,(H,16,20). The molecule has 0 atom stereocenters. The third-order valence-electron chi connectivity index (χ3n) is 3.25. The van der Waals surface area contributed by atoms with Gasteiger partial charge >= 0.3 is 0 Å². The van der Waals surface area contributed by atoms with E-state index in [1.165, 1.54) is 4.88 Å². The molecule has 3 rings (SSSR count). The van der Waals surface area contributed by atoms with Gasteiger partial charge in [-0.05, 0) is 19.4 Å². The molecule has 0 saturated carbocycles. The Morgan fingerprint density at radius 3 is 3.14 bits per heavy atom. The number of aromatic nitrogens is 4. The molecule has 6 nitrogen and oxygen atoms in total. The molecule has 0 aliphatic rings. The smallest absolute Gasteiger partial charge is 0.220 e. The molecule has 0 bridgehead atoms. The van der Waals surface area contributed by atoms with Gasteiger partial charge in [0, 0.05) is 35.8 Å². The largest absolute Gasteiger partial charge is 0.352 e. The highest BCUT2D eigenvalue weighted by molar-refractivity contribution is 7.09. The molecule has 0 aliphatic heterocycles. The van der Waals surface area contributed by atoms with Crippen LogP contribution in [-0.4, -0.2) is 25.5 Å². The van der Waals surface area contributed by atoms with Crippen LogP contribution >= 0.6 is 11.3 Å². The second kappa shape index (κ2) is 6.01. The predicted molar refractivity (Wildman–Crippen MR) is 80.0 cm³/mol. The van der Waals surface area contributed by atoms with Crippen LogP contribution in [0.5, 0.6) is 0 Å². The zero-order valence-electron chi connectivity index (χ0n) is 11.6. The number of carbonyl (C=O) groups is 1. The van der Waals surface area contributed by atoms with E-state index in [1.54, 1.807) is 28.2 Å². The topological polar surface area (TPSA) is 72.2 Å². The summed E-state index contributed by atoms with van der Waals surface area (Å²) in [6, 6.07) is 1.82. The maximum Gasteiger partial charge on any atom is 0.220 e. The lowest BCUT2D eigenvalue weighted by Gasteiger charge is -2.03. The summed E-state index contributed by atoms with van der Waals surface area (Å²) in [5, 5.41) is 7.10. The van der Waals surface area contributed by atoms with Crippen molar-refractivity contribution in [2.45, 2.75) is 26.3 Å². The molecule has 0 spiro atoms. The van der Waals surface area contributed by atoms with Gasteiger partial charge in [0.1, 0.15) is 0 Å². The summed E-state index contributed by atoms with van der Waals surface area (Å²) < 4.78 is 1.70. The molecule has 0 aromatic carbocycles. The van der Waals surface area contributed by atoms with Gasteiger partial charge in [0.05, 0.1) is 17.4 Å². The van der Waals surface area contributed by atoms with Crippen LogP contribution in [0, 0.1) is 6.92 Å². The summed E-state index contributed by atoms with van der Waals surface area (Å²) in [6.07, 6.45) is 6.48. The Labute approximate surface area is 125 Å². The van der Waals surface area contributed by atoms with Gasteiger partial charge in [-0.3, -0.25) is 4.79 Å². The number of hydrogen-bond donors (Lipinski definition) is 1. The molecule has 0 unspecified atom stereocenters. The molecular formula is C14H15N5OS. The quantitative estimate of drug-likeness (QED) is 0.779. The van der Waals surface area contributed by atoms with Crippen molar-refractivity contribution in [3.05, 3.63) is 46.3 Å². The fourth-order valence-electron chi connectivity index (χ4n) is 2.08. The van der Waals surface area contributed by atoms with Crippen LogP contribution in [0.25, 0.3) is 5.65 Å². The van der Waals surface area contributed by atoms with Gasteiger partial charge < -0.3 is 5.32 Å². The van der Waals surface area contributed by atoms with Crippen LogP contribution in [0.15, 0.2) is 30.2 Å². The van der Waals surface area contributed by atoms with E-state index in [4.69, 9.17) is 0 Å². The van der Waals surface area contributed by atoms with Crippen molar-refractivity contribution < 1.29 is 4.79 Å². The number of aryl methyl sites for hydroxylation is 2. The molecule has 3 aromatic rings. The molecule has 1 N–H and O–H groups in total. The number of carbonyl (C=O) groups excluding carboxylic acids is 1. The van der Waals surface area contributed by atoms with Gasteiger partial charge in [-0.2, -0.15) is 5.10 Å². The minimum atomic E-state index is 0.0260. The van der Waals surface area contributed by atoms with Crippen molar-refractivity contribution in [2.75, 3.05) is 0 Å². The minimum absolute atomic E-state index is 0.0260. The lowest BCUT2D eigenvalue weighted by molar-refractivity contribution is -0.121. The average Bonchev–Trinajstić information content (AvgIpc) is 3.09. The molecule has 3 heterocycles. The lowest BCUT2D eigenvalue weighted by atomic mass is 10.2. The van der Waals surface area contributed by atoms with Gasteiger partial charge in [0.2, 0.25) is 5.91 Å². The highest BCUT2D eigenvalue weighted by Crippen LogP contribution is 2.14. The van der Waals surface area contributed by atoms with E-state index in [9.17, 15) is 4.79 Å². The van der Waals surface area contributed by atoms with Gasteiger partial charge in [0.25, 0.3) is 0 Å². The highest BCUT2D eigenvalue weighted by Gasteiger charge is 2.08. The third kappa shape index (κ3) is 3.08. The first-order valence-corrected chi connectivity index (χ1v) is 7.55. The van der Waals surface area contributed by atoms with Crippen LogP contribution in [0.4, 0.5) is 0 Å². The number of nitrogens with one attached hydrogen (secondary N) is 1. The second-order valence-electron chi connectivity index (χ2n) is 4.70. The monoisotopic (exact) mass is 301 g/mol. The summed E-state index contributed by atoms with van der Waals surface area (Å²) in [5.74, 6) is 0.0260. The third-order valence-corrected chi connectivity index (χ3v) is 4.25. The van der Waals surface area contributed by atoms with Crippen LogP contribution in [0.2, 0.25) is 0 Å². The summed E-state index contributed by atoms with van der Waals surface area (Å²) in [6.45, 7) is 2.41. The van der Waals surface area contributed by atoms with Gasteiger partial charge in [-0.1, -0.05) is 0 Å². The Morgan fingerprint density at radius 1 is 1.43 bits per heavy atom. The minimum Gasteiger partial charge on any atom is -0.352 e. The zero-order valence-corrected chi connectivity index (χ0v) is 12.4. The van der Waals surface area contributed by atoms with Crippen molar-refractivity contribution in [3.8, 4) is 0 Å². The SMILES string of the molecule is Cc1ncsc1CCC(=O)NCc1cnn2cccnc12. The number of amides is 1. The van der Waals surface area contributed by atoms with E-state index in [1.807, 2.05) is 24.7 Å². The average molecular weight is 301 g/mol. The number of nitrogens with zero attached hydrogens (tertiary/aromatic N) is 4. The van der Waals surface area contributed by atoms with Crippen molar-refractivity contribution in [1.82, 2.24) is 24.9 Å². The molecule has 7 heteroatoms. The first-order valence-electron chi connectivity index (χ1n) is 6.67. The van der Waals surface area contributed by atoms with Crippen LogP contribution in [-0.2, 0) is 17.8 Å². The predicted octanol–water partition coefficient (Wildman–Crippen LogP) is 1.74. The van der Waals surface area contributed by atoms with Crippen molar-refractivity contribution in [2.24, 2.45) is 0 Å². The summed E-state index contributed by atoms with van der Waals surface area (Å²) in [4.78, 5) is 21.5. The number of hydrogen-bond acceptors (Lipinski definition) is 5. The van der Waals surface area contributed by atoms with Gasteiger partial charge in [-0.25, -0.2) is 14.5 Å². The number of rotatable bonds is 5. The first-order chi connectivity index (χ1) is 10.2. The maximum absolute atomic E-state index is 11.9. The molecule has 1 amide bonds. The van der Waals surface area contributed by atoms with E-state index >= 15 is 0 Å². The molecule has 0 radical (unpaired) electrons. The normalized spacial score (nSPS) is 10.9. The Bertz CT molecular complexity index is 763. The summed E-state index contributed by atoms with van der Waals surface area (Å²) in [5.41, 5.74) is 4.52. The van der Waals surface area contributed by atoms with Gasteiger partial charge in [-0.15, -0.1) is 11.3 Å². The molecule has 108 valence electrons. The van der Waals surface area contributed by atoms with Crippen molar-refractivity contribution in [3.63, 3.8) is 0 Å². The highest BCUT2D eigenvalue weighted by atomic mass is 32.1. The van der Waals surface area contributed by atoms with Crippen molar-refractivity contribution >= 4 is 22.9 Å². The zero-order chi connectivity index (χ0) is 14.7. The second-order valence-corrected chi connectivity index (χ2v) is 5.63. The van der Waals surface area contributed by atoms with Gasteiger partial charge in [0.15, 0.2) is 5.65 Å². The fourth-order valence-corrected chi connectivity index (χ4v) is 2.86. The molecule has 0 fully saturated rings. The first kappa shape index (κ1) is 13.7. The van der Waals surface area contributed by atoms with Crippen LogP contribution < -0.4 is 5.32 Å². The van der Waals surface area contributed by atoms with Crippen LogP contribution in [0.3, 0.4) is 0 Å². The number of thiazole rings is 1. The molecular weight excluding hydrogens is 286 g/mol. The van der Waals surface area contributed by atoms with Crippen LogP contribution in [0.1, 0.15) is 22.6 Å². The lowest BCUT2D eigenvalue weighted by Crippen LogP contribution is -2.23. The maximum atomic E-state index is 11.9. The Morgan fingerprint density at radius 2 is 2.33 bits per heavy atom. The molecule has 21 heavy (non-hydrogen) atoms. The molecule has 0 saturated heterocycles. The van der Waals surface area contributed by atoms with E-state index in [-0.39, 0.29) is 5.91 Å². The molecule has 3 aromatic heterocycles. The van der Waals surface area contributed by atoms with E-state index in [0.29, 0.717) is 13.0 Å². The van der Waals surface area contributed by atoms with E-state index in [0.717, 1.165) is 23.3 Å². The summed E-state index contributed by atoms with van der Waals surface area (Å²) >= 11 is 1.59. The Hall–Kier alpha value is -2.28. The number of fused-ring (bicyclic) bond motifs is 1. The van der Waals surface area contributed by atoms with E-state index < -0.39 is 0 Å².